The maximum atomic E-state index is 11.8. The first-order valence-electron chi connectivity index (χ1n) is 6.37. The molecule has 1 amide bonds. The third kappa shape index (κ3) is 3.14. The number of nitrogens with one attached hydrogen (secondary N) is 1. The van der Waals surface area contributed by atoms with Gasteiger partial charge in [-0.3, -0.25) is 4.79 Å². The van der Waals surface area contributed by atoms with Crippen molar-refractivity contribution in [3.05, 3.63) is 30.2 Å². The van der Waals surface area contributed by atoms with Crippen molar-refractivity contribution in [3.8, 4) is 17.2 Å². The number of methoxy groups -OCH3 is 1. The summed E-state index contributed by atoms with van der Waals surface area (Å²) < 4.78 is 10.6. The quantitative estimate of drug-likeness (QED) is 0.904. The van der Waals surface area contributed by atoms with Crippen LogP contribution in [-0.4, -0.2) is 29.8 Å². The van der Waals surface area contributed by atoms with Gasteiger partial charge < -0.3 is 14.5 Å². The fourth-order valence-electron chi connectivity index (χ4n) is 1.62. The van der Waals surface area contributed by atoms with E-state index in [9.17, 15) is 4.79 Å². The van der Waals surface area contributed by atoms with E-state index >= 15 is 0 Å². The Hall–Kier alpha value is -2.37. The van der Waals surface area contributed by atoms with Crippen LogP contribution >= 0.6 is 0 Å². The first-order chi connectivity index (χ1) is 9.61. The second kappa shape index (κ2) is 6.18. The highest BCUT2D eigenvalue weighted by molar-refractivity contribution is 5.89. The van der Waals surface area contributed by atoms with Crippen LogP contribution in [0.4, 0.5) is 0 Å². The number of para-hydroxylation sites is 1. The van der Waals surface area contributed by atoms with E-state index in [1.54, 1.807) is 19.2 Å². The highest BCUT2D eigenvalue weighted by Crippen LogP contribution is 2.28. The molecule has 0 radical (unpaired) electrons. The summed E-state index contributed by atoms with van der Waals surface area (Å²) >= 11 is 0. The normalized spacial score (nSPS) is 10.6. The number of carbonyl (C=O) groups excluding carboxylic acids is 1. The highest BCUT2D eigenvalue weighted by atomic mass is 16.5. The van der Waals surface area contributed by atoms with Gasteiger partial charge in [-0.05, 0) is 18.1 Å². The molecule has 0 spiro atoms. The molecule has 0 aliphatic rings. The van der Waals surface area contributed by atoms with E-state index in [0.29, 0.717) is 23.8 Å². The van der Waals surface area contributed by atoms with Crippen LogP contribution in [-0.2, 0) is 0 Å². The second-order valence-electron chi connectivity index (χ2n) is 4.72. The molecule has 6 heteroatoms. The summed E-state index contributed by atoms with van der Waals surface area (Å²) in [5.74, 6) is 0.817. The van der Waals surface area contributed by atoms with Gasteiger partial charge in [0.15, 0.2) is 0 Å². The summed E-state index contributed by atoms with van der Waals surface area (Å²) in [6.07, 6.45) is 0. The number of benzene rings is 1. The number of carbonyl (C=O) groups is 1. The lowest BCUT2D eigenvalue weighted by Crippen LogP contribution is -2.27. The van der Waals surface area contributed by atoms with Crippen LogP contribution in [0, 0.1) is 5.92 Å². The fourth-order valence-corrected chi connectivity index (χ4v) is 1.62. The number of amides is 1. The number of ether oxygens (including phenoxy) is 1. The molecular formula is C14H17N3O3. The van der Waals surface area contributed by atoms with Crippen molar-refractivity contribution in [3.63, 3.8) is 0 Å². The molecule has 0 unspecified atom stereocenters. The van der Waals surface area contributed by atoms with Gasteiger partial charge >= 0.3 is 11.8 Å². The van der Waals surface area contributed by atoms with Gasteiger partial charge in [0, 0.05) is 6.54 Å². The van der Waals surface area contributed by atoms with Crippen LogP contribution < -0.4 is 10.1 Å². The van der Waals surface area contributed by atoms with Gasteiger partial charge in [-0.25, -0.2) is 0 Å². The molecule has 0 saturated carbocycles. The second-order valence-corrected chi connectivity index (χ2v) is 4.72. The minimum Gasteiger partial charge on any atom is -0.496 e. The predicted octanol–water partition coefficient (Wildman–Crippen LogP) is 2.13. The average Bonchev–Trinajstić information content (AvgIpc) is 2.94. The SMILES string of the molecule is COc1ccccc1-c1nnc(C(=O)NCC(C)C)o1. The number of rotatable bonds is 5. The molecule has 1 aromatic carbocycles. The third-order valence-electron chi connectivity index (χ3n) is 2.63. The van der Waals surface area contributed by atoms with E-state index in [0.717, 1.165) is 0 Å². The molecule has 2 aromatic rings. The molecule has 0 aliphatic carbocycles. The third-order valence-corrected chi connectivity index (χ3v) is 2.63. The van der Waals surface area contributed by atoms with Crippen molar-refractivity contribution in [2.24, 2.45) is 5.92 Å². The van der Waals surface area contributed by atoms with Gasteiger partial charge in [0.05, 0.1) is 12.7 Å². The standard InChI is InChI=1S/C14H17N3O3/c1-9(2)8-15-12(18)14-17-16-13(20-14)10-6-4-5-7-11(10)19-3/h4-7,9H,8H2,1-3H3,(H,15,18). The van der Waals surface area contributed by atoms with Crippen molar-refractivity contribution in [1.82, 2.24) is 15.5 Å². The largest absolute Gasteiger partial charge is 0.496 e. The number of hydrogen-bond acceptors (Lipinski definition) is 5. The van der Waals surface area contributed by atoms with E-state index < -0.39 is 0 Å². The molecule has 2 rings (SSSR count). The monoisotopic (exact) mass is 275 g/mol. The van der Waals surface area contributed by atoms with Gasteiger partial charge in [0.25, 0.3) is 5.89 Å². The summed E-state index contributed by atoms with van der Waals surface area (Å²) in [4.78, 5) is 11.8. The lowest BCUT2D eigenvalue weighted by molar-refractivity contribution is 0.0915. The van der Waals surface area contributed by atoms with Gasteiger partial charge in [0.1, 0.15) is 5.75 Å². The van der Waals surface area contributed by atoms with Crippen molar-refractivity contribution in [2.75, 3.05) is 13.7 Å². The minimum atomic E-state index is -0.368. The summed E-state index contributed by atoms with van der Waals surface area (Å²) in [7, 11) is 1.56. The van der Waals surface area contributed by atoms with E-state index in [4.69, 9.17) is 9.15 Å². The van der Waals surface area contributed by atoms with Crippen LogP contribution in [0.5, 0.6) is 5.75 Å². The fraction of sp³-hybridized carbons (Fsp3) is 0.357. The molecule has 106 valence electrons. The first kappa shape index (κ1) is 14.0. The molecule has 1 N–H and O–H groups in total. The average molecular weight is 275 g/mol. The Morgan fingerprint density at radius 3 is 2.80 bits per heavy atom. The molecule has 0 saturated heterocycles. The topological polar surface area (TPSA) is 77.2 Å². The molecule has 1 aromatic heterocycles. The Balaban J connectivity index is 2.18. The molecule has 20 heavy (non-hydrogen) atoms. The Morgan fingerprint density at radius 2 is 2.10 bits per heavy atom. The van der Waals surface area contributed by atoms with Crippen LogP contribution in [0.25, 0.3) is 11.5 Å². The number of hydrogen-bond donors (Lipinski definition) is 1. The molecule has 0 fully saturated rings. The Kier molecular flexibility index (Phi) is 4.34. The summed E-state index contributed by atoms with van der Waals surface area (Å²) in [6.45, 7) is 4.58. The van der Waals surface area contributed by atoms with Gasteiger partial charge in [0.2, 0.25) is 0 Å². The lowest BCUT2D eigenvalue weighted by Gasteiger charge is -2.04. The van der Waals surface area contributed by atoms with Crippen molar-refractivity contribution in [1.29, 1.82) is 0 Å². The van der Waals surface area contributed by atoms with Crippen molar-refractivity contribution in [2.45, 2.75) is 13.8 Å². The smallest absolute Gasteiger partial charge is 0.308 e. The molecule has 6 nitrogen and oxygen atoms in total. The Bertz CT molecular complexity index is 593. The van der Waals surface area contributed by atoms with E-state index in [1.807, 2.05) is 26.0 Å². The van der Waals surface area contributed by atoms with Gasteiger partial charge in [-0.1, -0.05) is 26.0 Å². The summed E-state index contributed by atoms with van der Waals surface area (Å²) in [5.41, 5.74) is 0.658. The zero-order valence-electron chi connectivity index (χ0n) is 11.7. The molecule has 0 atom stereocenters. The number of aromatic nitrogens is 2. The van der Waals surface area contributed by atoms with E-state index in [-0.39, 0.29) is 17.7 Å². The molecule has 0 aliphatic heterocycles. The van der Waals surface area contributed by atoms with Crippen molar-refractivity contribution < 1.29 is 13.9 Å². The highest BCUT2D eigenvalue weighted by Gasteiger charge is 2.17. The minimum absolute atomic E-state index is 0.0495. The molecule has 0 bridgehead atoms. The van der Waals surface area contributed by atoms with Crippen LogP contribution in [0.3, 0.4) is 0 Å². The number of nitrogens with zero attached hydrogens (tertiary/aromatic N) is 2. The zero-order chi connectivity index (χ0) is 14.5. The summed E-state index contributed by atoms with van der Waals surface area (Å²) in [6, 6.07) is 7.26. The molecular weight excluding hydrogens is 258 g/mol. The lowest BCUT2D eigenvalue weighted by atomic mass is 10.2. The Morgan fingerprint density at radius 1 is 1.35 bits per heavy atom. The van der Waals surface area contributed by atoms with Crippen molar-refractivity contribution >= 4 is 5.91 Å². The first-order valence-corrected chi connectivity index (χ1v) is 6.37. The Labute approximate surface area is 117 Å². The maximum Gasteiger partial charge on any atom is 0.308 e. The maximum absolute atomic E-state index is 11.8. The summed E-state index contributed by atoms with van der Waals surface area (Å²) in [5, 5.41) is 10.4. The van der Waals surface area contributed by atoms with E-state index in [2.05, 4.69) is 15.5 Å². The van der Waals surface area contributed by atoms with Gasteiger partial charge in [-0.15, -0.1) is 10.2 Å². The molecule has 1 heterocycles. The predicted molar refractivity (Wildman–Crippen MR) is 73.5 cm³/mol. The van der Waals surface area contributed by atoms with Crippen LogP contribution in [0.15, 0.2) is 28.7 Å². The van der Waals surface area contributed by atoms with Crippen LogP contribution in [0.1, 0.15) is 24.5 Å². The van der Waals surface area contributed by atoms with E-state index in [1.165, 1.54) is 0 Å². The van der Waals surface area contributed by atoms with Crippen LogP contribution in [0.2, 0.25) is 0 Å². The zero-order valence-corrected chi connectivity index (χ0v) is 11.7. The van der Waals surface area contributed by atoms with Gasteiger partial charge in [-0.2, -0.15) is 0 Å².